The summed E-state index contributed by atoms with van der Waals surface area (Å²) >= 11 is 0. The van der Waals surface area contributed by atoms with Crippen LogP contribution in [0, 0.1) is 6.92 Å². The molecule has 1 saturated heterocycles. The third-order valence-electron chi connectivity index (χ3n) is 3.59. The topological polar surface area (TPSA) is 52.2 Å². The third-order valence-corrected chi connectivity index (χ3v) is 3.59. The highest BCUT2D eigenvalue weighted by atomic mass is 16.2. The lowest BCUT2D eigenvalue weighted by Crippen LogP contribution is -2.44. The van der Waals surface area contributed by atoms with Crippen molar-refractivity contribution in [3.8, 4) is 0 Å². The molecule has 1 aliphatic heterocycles. The van der Waals surface area contributed by atoms with Crippen LogP contribution in [-0.2, 0) is 11.3 Å². The monoisotopic (exact) mass is 250 g/mol. The quantitative estimate of drug-likeness (QED) is 0.872. The molecular formula is C13H22N4O. The van der Waals surface area contributed by atoms with E-state index in [0.29, 0.717) is 6.54 Å². The fourth-order valence-corrected chi connectivity index (χ4v) is 2.31. The Morgan fingerprint density at radius 1 is 1.56 bits per heavy atom. The number of aryl methyl sites for hydroxylation is 1. The summed E-state index contributed by atoms with van der Waals surface area (Å²) < 4.78 is 0. The summed E-state index contributed by atoms with van der Waals surface area (Å²) in [5.41, 5.74) is 1.05. The molecule has 1 aromatic heterocycles. The van der Waals surface area contributed by atoms with Gasteiger partial charge in [0.05, 0.1) is 12.6 Å². The standard InChI is InChI=1S/C13H22N4O/c1-10-8-14-12(15-10)9-16(3)11(2)13(18)17-6-4-5-7-17/h8,11H,4-7,9H2,1-3H3,(H,14,15)/t11-/m0/s1. The molecule has 0 aliphatic carbocycles. The Kier molecular flexibility index (Phi) is 4.01. The van der Waals surface area contributed by atoms with Gasteiger partial charge in [-0.25, -0.2) is 4.98 Å². The third kappa shape index (κ3) is 2.90. The molecule has 5 heteroatoms. The van der Waals surface area contributed by atoms with Crippen LogP contribution >= 0.6 is 0 Å². The molecule has 0 unspecified atom stereocenters. The van der Waals surface area contributed by atoms with Crippen LogP contribution in [0.1, 0.15) is 31.3 Å². The molecule has 0 bridgehead atoms. The van der Waals surface area contributed by atoms with E-state index in [1.54, 1.807) is 0 Å². The van der Waals surface area contributed by atoms with Gasteiger partial charge in [0.2, 0.25) is 5.91 Å². The molecule has 1 atom stereocenters. The number of rotatable bonds is 4. The van der Waals surface area contributed by atoms with Crippen molar-refractivity contribution in [2.24, 2.45) is 0 Å². The van der Waals surface area contributed by atoms with Gasteiger partial charge in [0.15, 0.2) is 0 Å². The molecule has 1 aromatic rings. The van der Waals surface area contributed by atoms with Crippen molar-refractivity contribution in [2.45, 2.75) is 39.3 Å². The summed E-state index contributed by atoms with van der Waals surface area (Å²) in [6.45, 7) is 6.45. The van der Waals surface area contributed by atoms with Crippen molar-refractivity contribution in [2.75, 3.05) is 20.1 Å². The van der Waals surface area contributed by atoms with Crippen LogP contribution in [0.2, 0.25) is 0 Å². The van der Waals surface area contributed by atoms with E-state index in [1.165, 1.54) is 0 Å². The predicted molar refractivity (Wildman–Crippen MR) is 70.1 cm³/mol. The van der Waals surface area contributed by atoms with Crippen LogP contribution in [0.4, 0.5) is 0 Å². The Hall–Kier alpha value is -1.36. The molecule has 2 heterocycles. The van der Waals surface area contributed by atoms with E-state index in [2.05, 4.69) is 9.97 Å². The van der Waals surface area contributed by atoms with Crippen molar-refractivity contribution < 1.29 is 4.79 Å². The van der Waals surface area contributed by atoms with E-state index >= 15 is 0 Å². The number of aromatic amines is 1. The van der Waals surface area contributed by atoms with Crippen LogP contribution in [0.5, 0.6) is 0 Å². The van der Waals surface area contributed by atoms with Gasteiger partial charge in [0.1, 0.15) is 5.82 Å². The molecule has 1 N–H and O–H groups in total. The molecule has 18 heavy (non-hydrogen) atoms. The maximum atomic E-state index is 12.2. The Labute approximate surface area is 108 Å². The molecule has 0 radical (unpaired) electrons. The van der Waals surface area contributed by atoms with Crippen LogP contribution in [0.15, 0.2) is 6.20 Å². The maximum absolute atomic E-state index is 12.2. The second kappa shape index (κ2) is 5.52. The smallest absolute Gasteiger partial charge is 0.239 e. The number of carbonyl (C=O) groups is 1. The summed E-state index contributed by atoms with van der Waals surface area (Å²) in [4.78, 5) is 23.7. The number of hydrogen-bond acceptors (Lipinski definition) is 3. The second-order valence-electron chi connectivity index (χ2n) is 5.14. The molecule has 0 saturated carbocycles. The van der Waals surface area contributed by atoms with Gasteiger partial charge in [-0.1, -0.05) is 0 Å². The number of aromatic nitrogens is 2. The SMILES string of the molecule is Cc1cnc(CN(C)[C@@H](C)C(=O)N2CCCC2)[nH]1. The second-order valence-corrected chi connectivity index (χ2v) is 5.14. The van der Waals surface area contributed by atoms with E-state index in [0.717, 1.165) is 37.4 Å². The van der Waals surface area contributed by atoms with Crippen molar-refractivity contribution in [3.63, 3.8) is 0 Å². The average Bonchev–Trinajstić information content (AvgIpc) is 2.98. The predicted octanol–water partition coefficient (Wildman–Crippen LogP) is 1.16. The zero-order valence-electron chi connectivity index (χ0n) is 11.4. The first-order chi connectivity index (χ1) is 8.58. The summed E-state index contributed by atoms with van der Waals surface area (Å²) in [6, 6.07) is -0.0893. The fourth-order valence-electron chi connectivity index (χ4n) is 2.31. The summed E-state index contributed by atoms with van der Waals surface area (Å²) in [5.74, 6) is 1.15. The van der Waals surface area contributed by atoms with Crippen LogP contribution in [0.25, 0.3) is 0 Å². The van der Waals surface area contributed by atoms with Gasteiger partial charge in [-0.2, -0.15) is 0 Å². The van der Waals surface area contributed by atoms with Crippen LogP contribution in [-0.4, -0.2) is 51.9 Å². The molecule has 2 rings (SSSR count). The zero-order chi connectivity index (χ0) is 13.1. The molecule has 1 amide bonds. The van der Waals surface area contributed by atoms with Crippen molar-refractivity contribution in [1.29, 1.82) is 0 Å². The van der Waals surface area contributed by atoms with Gasteiger partial charge in [-0.05, 0) is 33.7 Å². The van der Waals surface area contributed by atoms with Gasteiger partial charge in [0, 0.05) is 25.0 Å². The maximum Gasteiger partial charge on any atom is 0.239 e. The molecule has 1 aliphatic rings. The fraction of sp³-hybridized carbons (Fsp3) is 0.692. The Morgan fingerprint density at radius 3 is 2.78 bits per heavy atom. The van der Waals surface area contributed by atoms with Crippen molar-refractivity contribution >= 4 is 5.91 Å². The average molecular weight is 250 g/mol. The van der Waals surface area contributed by atoms with E-state index < -0.39 is 0 Å². The van der Waals surface area contributed by atoms with Gasteiger partial charge in [-0.3, -0.25) is 9.69 Å². The highest BCUT2D eigenvalue weighted by Crippen LogP contribution is 2.12. The lowest BCUT2D eigenvalue weighted by molar-refractivity contribution is -0.135. The summed E-state index contributed by atoms with van der Waals surface area (Å²) in [7, 11) is 1.97. The highest BCUT2D eigenvalue weighted by Gasteiger charge is 2.26. The molecule has 1 fully saturated rings. The minimum Gasteiger partial charge on any atom is -0.345 e. The molecule has 0 spiro atoms. The number of hydrogen-bond donors (Lipinski definition) is 1. The first kappa shape index (κ1) is 13.1. The molecule has 100 valence electrons. The number of carbonyl (C=O) groups excluding carboxylic acids is 1. The lowest BCUT2D eigenvalue weighted by atomic mass is 10.2. The van der Waals surface area contributed by atoms with Crippen molar-refractivity contribution in [1.82, 2.24) is 19.8 Å². The number of H-pyrrole nitrogens is 1. The largest absolute Gasteiger partial charge is 0.345 e. The van der Waals surface area contributed by atoms with Gasteiger partial charge in [-0.15, -0.1) is 0 Å². The van der Waals surface area contributed by atoms with Gasteiger partial charge >= 0.3 is 0 Å². The lowest BCUT2D eigenvalue weighted by Gasteiger charge is -2.27. The van der Waals surface area contributed by atoms with Crippen LogP contribution in [0.3, 0.4) is 0 Å². The van der Waals surface area contributed by atoms with E-state index in [1.807, 2.05) is 36.9 Å². The summed E-state index contributed by atoms with van der Waals surface area (Å²) in [6.07, 6.45) is 4.09. The Bertz CT molecular complexity index is 409. The molecule has 5 nitrogen and oxygen atoms in total. The zero-order valence-corrected chi connectivity index (χ0v) is 11.4. The number of amides is 1. The van der Waals surface area contributed by atoms with E-state index in [9.17, 15) is 4.79 Å². The summed E-state index contributed by atoms with van der Waals surface area (Å²) in [5, 5.41) is 0. The normalized spacial score (nSPS) is 17.4. The molecular weight excluding hydrogens is 228 g/mol. The Balaban J connectivity index is 1.91. The minimum atomic E-state index is -0.0893. The van der Waals surface area contributed by atoms with E-state index in [-0.39, 0.29) is 11.9 Å². The first-order valence-corrected chi connectivity index (χ1v) is 6.57. The number of likely N-dealkylation sites (tertiary alicyclic amines) is 1. The molecule has 0 aromatic carbocycles. The highest BCUT2D eigenvalue weighted by molar-refractivity contribution is 5.81. The van der Waals surface area contributed by atoms with Crippen molar-refractivity contribution in [3.05, 3.63) is 17.7 Å². The Morgan fingerprint density at radius 2 is 2.22 bits per heavy atom. The minimum absolute atomic E-state index is 0.0893. The van der Waals surface area contributed by atoms with Crippen LogP contribution < -0.4 is 0 Å². The number of nitrogens with one attached hydrogen (secondary N) is 1. The van der Waals surface area contributed by atoms with Gasteiger partial charge < -0.3 is 9.88 Å². The number of likely N-dealkylation sites (N-methyl/N-ethyl adjacent to an activating group) is 1. The first-order valence-electron chi connectivity index (χ1n) is 6.57. The van der Waals surface area contributed by atoms with E-state index in [4.69, 9.17) is 0 Å². The number of nitrogens with zero attached hydrogens (tertiary/aromatic N) is 3. The number of imidazole rings is 1. The van der Waals surface area contributed by atoms with Gasteiger partial charge in [0.25, 0.3) is 0 Å².